The van der Waals surface area contributed by atoms with Crippen molar-refractivity contribution in [2.75, 3.05) is 19.8 Å². The van der Waals surface area contributed by atoms with E-state index in [9.17, 15) is 19.5 Å². The van der Waals surface area contributed by atoms with Gasteiger partial charge in [-0.05, 0) is 55.4 Å². The number of nitrogens with one attached hydrogen (secondary N) is 2. The molecule has 10 heteroatoms. The molecular formula is C29H46N5O5+. The summed E-state index contributed by atoms with van der Waals surface area (Å²) in [6.07, 6.45) is 2.97. The van der Waals surface area contributed by atoms with Gasteiger partial charge in [0, 0.05) is 23.8 Å². The molecular weight excluding hydrogens is 498 g/mol. The van der Waals surface area contributed by atoms with Crippen LogP contribution in [0.15, 0.2) is 11.3 Å². The molecule has 0 aromatic carbocycles. The molecule has 216 valence electrons. The van der Waals surface area contributed by atoms with Gasteiger partial charge in [-0.1, -0.05) is 34.6 Å². The van der Waals surface area contributed by atoms with Crippen LogP contribution in [0.5, 0.6) is 0 Å². The molecule has 2 unspecified atom stereocenters. The van der Waals surface area contributed by atoms with E-state index >= 15 is 0 Å². The standard InChI is InChI=1S/C29H45N5O5/c1-25(2,3)21(33-24(38)26(4,5)31)23(37)34-12-28(27(6,7)29(28)13-39-14-29)11-18(34)22(36)32-17-10-15-8-9-16(15)19(30)20(17)35/h15,17-18,21H,8-14,30-31H2,1-7H3,(H,32,36)(H,33,38)/p+1/t15?,17?,18-,21+,28+/m0/s1. The summed E-state index contributed by atoms with van der Waals surface area (Å²) >= 11 is 0. The molecule has 10 nitrogen and oxygen atoms in total. The smallest absolute Gasteiger partial charge is 0.356 e. The third kappa shape index (κ3) is 3.88. The van der Waals surface area contributed by atoms with Gasteiger partial charge in [0.2, 0.25) is 23.6 Å². The molecule has 39 heavy (non-hydrogen) atoms. The van der Waals surface area contributed by atoms with Gasteiger partial charge in [0.25, 0.3) is 0 Å². The van der Waals surface area contributed by atoms with Crippen LogP contribution >= 0.6 is 0 Å². The summed E-state index contributed by atoms with van der Waals surface area (Å²) in [5, 5.41) is 14.4. The van der Waals surface area contributed by atoms with Crippen molar-refractivity contribution in [2.45, 2.75) is 97.8 Å². The molecule has 3 aliphatic carbocycles. The number of Topliss-reactive ketones (excluding diaryl/α,β-unsaturated/α-hetero) is 1. The van der Waals surface area contributed by atoms with Crippen LogP contribution in [0.1, 0.15) is 74.1 Å². The summed E-state index contributed by atoms with van der Waals surface area (Å²) in [4.78, 5) is 45.0. The second-order valence-corrected chi connectivity index (χ2v) is 14.8. The number of hydrogen-bond donors (Lipinski definition) is 5. The lowest BCUT2D eigenvalue weighted by molar-refractivity contribution is -0.500. The first-order valence-corrected chi connectivity index (χ1v) is 14.2. The monoisotopic (exact) mass is 544 g/mol. The van der Waals surface area contributed by atoms with Crippen LogP contribution < -0.4 is 21.8 Å². The third-order valence-electron chi connectivity index (χ3n) is 10.9. The van der Waals surface area contributed by atoms with E-state index in [1.54, 1.807) is 18.7 Å². The normalized spacial score (nSPS) is 33.9. The molecule has 5 atom stereocenters. The van der Waals surface area contributed by atoms with E-state index in [-0.39, 0.29) is 39.8 Å². The van der Waals surface area contributed by atoms with E-state index in [4.69, 9.17) is 16.2 Å². The lowest BCUT2D eigenvalue weighted by Gasteiger charge is -2.37. The van der Waals surface area contributed by atoms with Gasteiger partial charge in [-0.3, -0.25) is 14.4 Å². The molecule has 0 aromatic rings. The Morgan fingerprint density at radius 2 is 1.82 bits per heavy atom. The molecule has 5 rings (SSSR count). The zero-order valence-electron chi connectivity index (χ0n) is 24.4. The van der Waals surface area contributed by atoms with Crippen molar-refractivity contribution in [1.29, 1.82) is 0 Å². The number of aliphatic hydroxyl groups is 1. The molecule has 2 aliphatic heterocycles. The number of nitrogens with two attached hydrogens (primary N) is 2. The van der Waals surface area contributed by atoms with Gasteiger partial charge in [0.15, 0.2) is 6.04 Å². The van der Waals surface area contributed by atoms with Crippen LogP contribution in [0.25, 0.3) is 0 Å². The average molecular weight is 545 g/mol. The Hall–Kier alpha value is -2.46. The number of hydrogen-bond acceptors (Lipinski definition) is 6. The zero-order valence-corrected chi connectivity index (χ0v) is 24.4. The summed E-state index contributed by atoms with van der Waals surface area (Å²) in [5.74, 6) is -0.721. The Labute approximate surface area is 231 Å². The third-order valence-corrected chi connectivity index (χ3v) is 10.9. The van der Waals surface area contributed by atoms with E-state index in [0.717, 1.165) is 18.4 Å². The van der Waals surface area contributed by atoms with Crippen molar-refractivity contribution in [3.63, 3.8) is 0 Å². The number of fused-ring (bicyclic) bond motifs is 2. The van der Waals surface area contributed by atoms with Crippen molar-refractivity contribution in [1.82, 2.24) is 10.2 Å². The summed E-state index contributed by atoms with van der Waals surface area (Å²) in [7, 11) is 0. The summed E-state index contributed by atoms with van der Waals surface area (Å²) < 4.78 is 5.66. The largest absolute Gasteiger partial charge is 0.462 e. The maximum Gasteiger partial charge on any atom is 0.356 e. The number of amides is 2. The minimum Gasteiger partial charge on any atom is -0.462 e. The fourth-order valence-corrected chi connectivity index (χ4v) is 7.76. The van der Waals surface area contributed by atoms with Crippen LogP contribution in [0, 0.1) is 27.6 Å². The molecule has 5 aliphatic rings. The number of allylic oxidation sites excluding steroid dienone is 1. The van der Waals surface area contributed by atoms with Gasteiger partial charge in [-0.15, -0.1) is 0 Å². The summed E-state index contributed by atoms with van der Waals surface area (Å²) in [6.45, 7) is 15.0. The van der Waals surface area contributed by atoms with E-state index < -0.39 is 35.0 Å². The Kier molecular flexibility index (Phi) is 6.14. The van der Waals surface area contributed by atoms with Gasteiger partial charge >= 0.3 is 5.90 Å². The van der Waals surface area contributed by atoms with E-state index in [1.165, 1.54) is 0 Å². The van der Waals surface area contributed by atoms with Crippen LogP contribution in [0.3, 0.4) is 0 Å². The van der Waals surface area contributed by atoms with Crippen LogP contribution in [0.2, 0.25) is 0 Å². The molecule has 2 saturated carbocycles. The SMILES string of the molecule is CC(C)(N)C(=O)N[C@H](C(=O)N1C[C@]2(C[C@H]1C(O)=[NH+]C1CC3CCC3=C(N)C1=O)C(C)(C)C21COC1)C(C)(C)C. The van der Waals surface area contributed by atoms with Crippen LogP contribution in [-0.4, -0.2) is 76.9 Å². The highest BCUT2D eigenvalue weighted by molar-refractivity contribution is 6.00. The second kappa shape index (κ2) is 8.52. The van der Waals surface area contributed by atoms with Crippen LogP contribution in [0.4, 0.5) is 0 Å². The van der Waals surface area contributed by atoms with Gasteiger partial charge in [0.05, 0.1) is 24.4 Å². The number of ether oxygens (including phenoxy) is 1. The van der Waals surface area contributed by atoms with E-state index in [1.807, 2.05) is 20.8 Å². The molecule has 2 saturated heterocycles. The highest BCUT2D eigenvalue weighted by Crippen LogP contribution is 2.84. The number of aliphatic hydroxyl groups excluding tert-OH is 1. The highest BCUT2D eigenvalue weighted by Gasteiger charge is 2.87. The number of rotatable bonds is 5. The Balaban J connectivity index is 1.49. The molecule has 2 heterocycles. The molecule has 4 fully saturated rings. The maximum absolute atomic E-state index is 14.3. The Bertz CT molecular complexity index is 1170. The maximum atomic E-state index is 14.3. The van der Waals surface area contributed by atoms with Crippen molar-refractivity contribution < 1.29 is 29.2 Å². The molecule has 0 radical (unpaired) electrons. The lowest BCUT2D eigenvalue weighted by atomic mass is 9.70. The highest BCUT2D eigenvalue weighted by atomic mass is 16.5. The Morgan fingerprint density at radius 3 is 2.28 bits per heavy atom. The molecule has 2 amide bonds. The van der Waals surface area contributed by atoms with Gasteiger partial charge < -0.3 is 31.5 Å². The van der Waals surface area contributed by atoms with Crippen molar-refractivity contribution in [2.24, 2.45) is 39.0 Å². The first-order chi connectivity index (χ1) is 17.9. The molecule has 7 N–H and O–H groups in total. The van der Waals surface area contributed by atoms with Crippen molar-refractivity contribution in [3.8, 4) is 0 Å². The van der Waals surface area contributed by atoms with Crippen molar-refractivity contribution in [3.05, 3.63) is 11.3 Å². The zero-order chi connectivity index (χ0) is 28.9. The van der Waals surface area contributed by atoms with Crippen LogP contribution in [-0.2, 0) is 19.1 Å². The first-order valence-electron chi connectivity index (χ1n) is 14.2. The quantitative estimate of drug-likeness (QED) is 0.238. The Morgan fingerprint density at radius 1 is 1.18 bits per heavy atom. The average Bonchev–Trinajstić information content (AvgIpc) is 3.02. The predicted molar refractivity (Wildman–Crippen MR) is 145 cm³/mol. The van der Waals surface area contributed by atoms with Gasteiger partial charge in [-0.2, -0.15) is 0 Å². The van der Waals surface area contributed by atoms with Crippen molar-refractivity contribution >= 4 is 23.5 Å². The number of carbonyl (C=O) groups excluding carboxylic acids is 3. The second-order valence-electron chi connectivity index (χ2n) is 14.8. The number of nitrogens with zero attached hydrogens (tertiary/aromatic N) is 1. The number of likely N-dealkylation sites (tertiary alicyclic amines) is 1. The number of carbonyl (C=O) groups is 3. The predicted octanol–water partition coefficient (Wildman–Crippen LogP) is -0.100. The minimum atomic E-state index is -1.16. The fourth-order valence-electron chi connectivity index (χ4n) is 7.76. The van der Waals surface area contributed by atoms with E-state index in [2.05, 4.69) is 24.2 Å². The topological polar surface area (TPSA) is 162 Å². The van der Waals surface area contributed by atoms with Gasteiger partial charge in [-0.25, -0.2) is 4.99 Å². The lowest BCUT2D eigenvalue weighted by Crippen LogP contribution is -2.85. The molecule has 0 aromatic heterocycles. The van der Waals surface area contributed by atoms with Gasteiger partial charge in [0.1, 0.15) is 6.04 Å². The molecule has 2 spiro atoms. The summed E-state index contributed by atoms with van der Waals surface area (Å²) in [5.41, 5.74) is 11.4. The van der Waals surface area contributed by atoms with E-state index in [0.29, 0.717) is 38.3 Å². The molecule has 0 bridgehead atoms. The number of ketones is 1. The minimum absolute atomic E-state index is 0.0675. The summed E-state index contributed by atoms with van der Waals surface area (Å²) in [6, 6.07) is -2.15. The fraction of sp³-hybridized carbons (Fsp3) is 0.793. The first kappa shape index (κ1) is 28.1.